The smallest absolute Gasteiger partial charge is 0.164 e. The van der Waals surface area contributed by atoms with Crippen molar-refractivity contribution in [1.82, 2.24) is 15.0 Å². The normalized spacial score (nSPS) is 11.8. The third-order valence-corrected chi connectivity index (χ3v) is 9.29. The summed E-state index contributed by atoms with van der Waals surface area (Å²) < 4.78 is 6.21. The Morgan fingerprint density at radius 3 is 1.91 bits per heavy atom. The van der Waals surface area contributed by atoms with Gasteiger partial charge in [0.2, 0.25) is 0 Å². The van der Waals surface area contributed by atoms with Crippen LogP contribution in [-0.2, 0) is 0 Å². The van der Waals surface area contributed by atoms with Crippen LogP contribution in [0.3, 0.4) is 0 Å². The lowest BCUT2D eigenvalue weighted by Gasteiger charge is -2.12. The Bertz CT molecular complexity index is 2850. The van der Waals surface area contributed by atoms with Crippen molar-refractivity contribution in [1.29, 1.82) is 0 Å². The van der Waals surface area contributed by atoms with Crippen LogP contribution in [0, 0.1) is 0 Å². The summed E-state index contributed by atoms with van der Waals surface area (Å²) in [6.45, 7) is 0. The SMILES string of the molecule is c1ccc(-c2nc(-c3ccc4c(ccc5c4ccc4ccc6ccccc6c45)c3)nc(-c3cccc4oc5ccccc5c34)n2)cc1. The van der Waals surface area contributed by atoms with Crippen molar-refractivity contribution in [3.05, 3.63) is 152 Å². The number of furan rings is 1. The van der Waals surface area contributed by atoms with E-state index >= 15 is 0 Å². The van der Waals surface area contributed by atoms with Gasteiger partial charge >= 0.3 is 0 Å². The molecular weight excluding hydrogens is 574 g/mol. The second-order valence-corrected chi connectivity index (χ2v) is 12.0. The minimum Gasteiger partial charge on any atom is -0.456 e. The molecule has 2 aromatic heterocycles. The van der Waals surface area contributed by atoms with Gasteiger partial charge in [0.25, 0.3) is 0 Å². The predicted molar refractivity (Wildman–Crippen MR) is 193 cm³/mol. The molecule has 0 atom stereocenters. The fourth-order valence-electron chi connectivity index (χ4n) is 7.09. The van der Waals surface area contributed by atoms with E-state index in [2.05, 4.69) is 91.0 Å². The van der Waals surface area contributed by atoms with E-state index in [1.807, 2.05) is 60.7 Å². The number of benzene rings is 8. The summed E-state index contributed by atoms with van der Waals surface area (Å²) in [4.78, 5) is 15.2. The molecule has 4 nitrogen and oxygen atoms in total. The van der Waals surface area contributed by atoms with Gasteiger partial charge in [-0.3, -0.25) is 0 Å². The number of hydrogen-bond acceptors (Lipinski definition) is 4. The second kappa shape index (κ2) is 10.1. The van der Waals surface area contributed by atoms with Crippen LogP contribution in [0.2, 0.25) is 0 Å². The quantitative estimate of drug-likeness (QED) is 0.190. The van der Waals surface area contributed by atoms with E-state index in [4.69, 9.17) is 19.4 Å². The number of para-hydroxylation sites is 1. The van der Waals surface area contributed by atoms with Crippen LogP contribution >= 0.6 is 0 Å². The third kappa shape index (κ3) is 4.05. The molecule has 0 bridgehead atoms. The van der Waals surface area contributed by atoms with Crippen LogP contribution in [-0.4, -0.2) is 15.0 Å². The lowest BCUT2D eigenvalue weighted by atomic mass is 9.93. The lowest BCUT2D eigenvalue weighted by Crippen LogP contribution is -2.00. The molecule has 8 aromatic carbocycles. The lowest BCUT2D eigenvalue weighted by molar-refractivity contribution is 0.669. The molecule has 0 aliphatic heterocycles. The van der Waals surface area contributed by atoms with Crippen molar-refractivity contribution in [2.24, 2.45) is 0 Å². The van der Waals surface area contributed by atoms with Gasteiger partial charge in [0.15, 0.2) is 17.5 Å². The summed E-state index contributed by atoms with van der Waals surface area (Å²) in [5, 5.41) is 11.9. The Morgan fingerprint density at radius 2 is 1.00 bits per heavy atom. The Hall–Kier alpha value is -6.39. The summed E-state index contributed by atoms with van der Waals surface area (Å²) >= 11 is 0. The van der Waals surface area contributed by atoms with Crippen LogP contribution in [0.5, 0.6) is 0 Å². The highest BCUT2D eigenvalue weighted by atomic mass is 16.3. The molecule has 0 amide bonds. The molecule has 0 radical (unpaired) electrons. The summed E-state index contributed by atoms with van der Waals surface area (Å²) in [6.07, 6.45) is 0. The van der Waals surface area contributed by atoms with Gasteiger partial charge in [0.1, 0.15) is 11.2 Å². The first-order valence-electron chi connectivity index (χ1n) is 15.8. The molecule has 0 unspecified atom stereocenters. The van der Waals surface area contributed by atoms with E-state index in [-0.39, 0.29) is 0 Å². The first kappa shape index (κ1) is 25.9. The van der Waals surface area contributed by atoms with E-state index < -0.39 is 0 Å². The molecule has 0 aliphatic carbocycles. The third-order valence-electron chi connectivity index (χ3n) is 9.29. The molecule has 0 saturated heterocycles. The van der Waals surface area contributed by atoms with E-state index in [0.29, 0.717) is 17.5 Å². The largest absolute Gasteiger partial charge is 0.456 e. The molecule has 2 heterocycles. The summed E-state index contributed by atoms with van der Waals surface area (Å²) in [5.74, 6) is 1.88. The zero-order valence-electron chi connectivity index (χ0n) is 25.2. The summed E-state index contributed by atoms with van der Waals surface area (Å²) in [5.41, 5.74) is 4.44. The Kier molecular flexibility index (Phi) is 5.54. The number of nitrogens with zero attached hydrogens (tertiary/aromatic N) is 3. The molecule has 10 aromatic rings. The Balaban J connectivity index is 1.19. The molecule has 47 heavy (non-hydrogen) atoms. The monoisotopic (exact) mass is 599 g/mol. The van der Waals surface area contributed by atoms with Gasteiger partial charge in [-0.15, -0.1) is 0 Å². The van der Waals surface area contributed by atoms with Crippen LogP contribution in [0.1, 0.15) is 0 Å². The first-order valence-corrected chi connectivity index (χ1v) is 15.8. The summed E-state index contributed by atoms with van der Waals surface area (Å²) in [6, 6.07) is 52.9. The number of aromatic nitrogens is 3. The molecular formula is C43H25N3O. The maximum absolute atomic E-state index is 6.21. The zero-order valence-corrected chi connectivity index (χ0v) is 25.2. The maximum atomic E-state index is 6.21. The van der Waals surface area contributed by atoms with E-state index in [9.17, 15) is 0 Å². The van der Waals surface area contributed by atoms with Crippen LogP contribution < -0.4 is 0 Å². The molecule has 0 aliphatic rings. The molecule has 0 N–H and O–H groups in total. The van der Waals surface area contributed by atoms with Gasteiger partial charge in [0, 0.05) is 27.5 Å². The molecule has 0 saturated carbocycles. The van der Waals surface area contributed by atoms with Crippen LogP contribution in [0.25, 0.3) is 99.2 Å². The predicted octanol–water partition coefficient (Wildman–Crippen LogP) is 11.4. The molecule has 0 spiro atoms. The van der Waals surface area contributed by atoms with Gasteiger partial charge < -0.3 is 4.42 Å². The topological polar surface area (TPSA) is 51.8 Å². The summed E-state index contributed by atoms with van der Waals surface area (Å²) in [7, 11) is 0. The highest BCUT2D eigenvalue weighted by Gasteiger charge is 2.18. The van der Waals surface area contributed by atoms with Crippen molar-refractivity contribution in [2.45, 2.75) is 0 Å². The maximum Gasteiger partial charge on any atom is 0.164 e. The van der Waals surface area contributed by atoms with Gasteiger partial charge in [-0.1, -0.05) is 133 Å². The molecule has 10 rings (SSSR count). The number of fused-ring (bicyclic) bond motifs is 10. The Labute approximate surface area is 269 Å². The minimum absolute atomic E-state index is 0.614. The van der Waals surface area contributed by atoms with Crippen molar-refractivity contribution in [2.75, 3.05) is 0 Å². The van der Waals surface area contributed by atoms with Crippen molar-refractivity contribution < 1.29 is 4.42 Å². The number of hydrogen-bond donors (Lipinski definition) is 0. The first-order chi connectivity index (χ1) is 23.3. The van der Waals surface area contributed by atoms with Crippen LogP contribution in [0.15, 0.2) is 156 Å². The molecule has 0 fully saturated rings. The van der Waals surface area contributed by atoms with E-state index in [1.165, 1.54) is 37.7 Å². The fourth-order valence-corrected chi connectivity index (χ4v) is 7.09. The van der Waals surface area contributed by atoms with Gasteiger partial charge in [-0.05, 0) is 61.3 Å². The second-order valence-electron chi connectivity index (χ2n) is 12.0. The molecule has 4 heteroatoms. The average molecular weight is 600 g/mol. The minimum atomic E-state index is 0.614. The Morgan fingerprint density at radius 1 is 0.340 bits per heavy atom. The van der Waals surface area contributed by atoms with Gasteiger partial charge in [-0.2, -0.15) is 0 Å². The zero-order chi connectivity index (χ0) is 30.9. The van der Waals surface area contributed by atoms with Crippen molar-refractivity contribution >= 4 is 65.0 Å². The standard InChI is InChI=1S/C43H25N3O/c1-2-10-28(11-3-1)41-44-42(46-43(45-41)36-14-8-16-38-40(36)35-13-6-7-15-37(35)47-38)30-21-22-31-29(25-30)20-24-34-33(31)23-19-27-18-17-26-9-4-5-12-32(26)39(27)34/h1-25H. The van der Waals surface area contributed by atoms with Gasteiger partial charge in [-0.25, -0.2) is 15.0 Å². The van der Waals surface area contributed by atoms with Gasteiger partial charge in [0.05, 0.1) is 0 Å². The number of rotatable bonds is 3. The highest BCUT2D eigenvalue weighted by molar-refractivity contribution is 6.24. The van der Waals surface area contributed by atoms with Crippen LogP contribution in [0.4, 0.5) is 0 Å². The fraction of sp³-hybridized carbons (Fsp3) is 0. The highest BCUT2D eigenvalue weighted by Crippen LogP contribution is 2.38. The van der Waals surface area contributed by atoms with E-state index in [0.717, 1.165) is 44.0 Å². The average Bonchev–Trinajstić information content (AvgIpc) is 3.53. The van der Waals surface area contributed by atoms with Crippen molar-refractivity contribution in [3.8, 4) is 34.2 Å². The van der Waals surface area contributed by atoms with E-state index in [1.54, 1.807) is 0 Å². The molecule has 218 valence electrons. The van der Waals surface area contributed by atoms with Crippen molar-refractivity contribution in [3.63, 3.8) is 0 Å².